The van der Waals surface area contributed by atoms with Crippen molar-refractivity contribution in [3.8, 4) is 0 Å². The molecule has 0 bridgehead atoms. The summed E-state index contributed by atoms with van der Waals surface area (Å²) in [6.45, 7) is 4.79. The third-order valence-electron chi connectivity index (χ3n) is 5.42. The van der Waals surface area contributed by atoms with Crippen molar-refractivity contribution in [1.29, 1.82) is 0 Å². The molecule has 0 amide bonds. The molecule has 26 heavy (non-hydrogen) atoms. The first-order valence-electron chi connectivity index (χ1n) is 11.4. The first-order chi connectivity index (χ1) is 12.7. The van der Waals surface area contributed by atoms with Crippen LogP contribution in [0.5, 0.6) is 0 Å². The van der Waals surface area contributed by atoms with Crippen molar-refractivity contribution < 1.29 is 5.11 Å². The summed E-state index contributed by atoms with van der Waals surface area (Å²) in [5, 5.41) is 13.2. The second-order valence-corrected chi connectivity index (χ2v) is 7.96. The third kappa shape index (κ3) is 11.7. The maximum Gasteiger partial charge on any atom is 0.155 e. The van der Waals surface area contributed by atoms with Gasteiger partial charge in [0.2, 0.25) is 0 Å². The molecule has 0 saturated heterocycles. The van der Waals surface area contributed by atoms with E-state index in [1.165, 1.54) is 89.9 Å². The number of amidine groups is 1. The molecule has 0 radical (unpaired) electrons. The summed E-state index contributed by atoms with van der Waals surface area (Å²) < 4.78 is 0. The van der Waals surface area contributed by atoms with Crippen LogP contribution < -0.4 is 5.32 Å². The monoisotopic (exact) mass is 364 g/mol. The summed E-state index contributed by atoms with van der Waals surface area (Å²) in [5.74, 6) is 1.00. The molecule has 1 unspecified atom stereocenters. The molecule has 0 aliphatic carbocycles. The fourth-order valence-electron chi connectivity index (χ4n) is 3.46. The summed E-state index contributed by atoms with van der Waals surface area (Å²) in [7, 11) is 0. The Morgan fingerprint density at radius 3 is 1.92 bits per heavy atom. The molecule has 152 valence electrons. The predicted octanol–water partition coefficient (Wildman–Crippen LogP) is 6.51. The highest BCUT2D eigenvalue weighted by Crippen LogP contribution is 2.15. The normalized spacial score (nSPS) is 19.9. The number of allylic oxidation sites excluding steroid dienone is 2. The van der Waals surface area contributed by atoms with E-state index >= 15 is 0 Å². The van der Waals surface area contributed by atoms with Crippen LogP contribution in [0.4, 0.5) is 0 Å². The molecule has 0 aromatic carbocycles. The highest BCUT2D eigenvalue weighted by atomic mass is 16.3. The summed E-state index contributed by atoms with van der Waals surface area (Å²) in [5.41, 5.74) is -0.766. The molecule has 0 saturated carbocycles. The standard InChI is InChI=1S/C23H44N2O/c1-3-5-6-7-8-9-10-11-12-13-14-15-16-17-18-19-20-22-24-21-23(26,4-2)25-22/h11-12,26H,3-10,13-21H2,1-2H3,(H,24,25)/b12-11-. The van der Waals surface area contributed by atoms with Crippen molar-refractivity contribution in [3.05, 3.63) is 12.2 Å². The molecular weight excluding hydrogens is 320 g/mol. The first kappa shape index (κ1) is 23.2. The number of aliphatic imine (C=N–C) groups is 1. The maximum atomic E-state index is 10.1. The Balaban J connectivity index is 1.79. The average molecular weight is 365 g/mol. The summed E-state index contributed by atoms with van der Waals surface area (Å²) in [4.78, 5) is 4.41. The Bertz CT molecular complexity index is 392. The van der Waals surface area contributed by atoms with Crippen LogP contribution in [-0.4, -0.2) is 23.2 Å². The fraction of sp³-hybridized carbons (Fsp3) is 0.870. The van der Waals surface area contributed by atoms with Crippen molar-refractivity contribution in [3.63, 3.8) is 0 Å². The number of nitrogens with one attached hydrogen (secondary N) is 1. The smallest absolute Gasteiger partial charge is 0.155 e. The molecule has 0 aromatic rings. The predicted molar refractivity (Wildman–Crippen MR) is 115 cm³/mol. The summed E-state index contributed by atoms with van der Waals surface area (Å²) >= 11 is 0. The zero-order valence-electron chi connectivity index (χ0n) is 17.6. The number of nitrogens with zero attached hydrogens (tertiary/aromatic N) is 1. The highest BCUT2D eigenvalue weighted by Gasteiger charge is 2.29. The van der Waals surface area contributed by atoms with Crippen molar-refractivity contribution in [2.45, 2.75) is 122 Å². The molecule has 1 aliphatic heterocycles. The van der Waals surface area contributed by atoms with E-state index in [2.05, 4.69) is 29.4 Å². The number of hydrogen-bond acceptors (Lipinski definition) is 3. The van der Waals surface area contributed by atoms with Gasteiger partial charge in [-0.2, -0.15) is 0 Å². The SMILES string of the molecule is CCCCCCCC/C=C\CCCCCCCCC1=NCC(O)(CC)N1. The maximum absolute atomic E-state index is 10.1. The lowest BCUT2D eigenvalue weighted by Gasteiger charge is -2.20. The molecule has 0 aromatic heterocycles. The summed E-state index contributed by atoms with van der Waals surface area (Å²) in [6, 6.07) is 0. The molecule has 1 heterocycles. The van der Waals surface area contributed by atoms with Crippen molar-refractivity contribution in [2.75, 3.05) is 6.54 Å². The van der Waals surface area contributed by atoms with Crippen LogP contribution >= 0.6 is 0 Å². The zero-order chi connectivity index (χ0) is 18.9. The van der Waals surface area contributed by atoms with Gasteiger partial charge in [-0.15, -0.1) is 0 Å². The van der Waals surface area contributed by atoms with Gasteiger partial charge in [-0.3, -0.25) is 4.99 Å². The lowest BCUT2D eigenvalue weighted by atomic mass is 10.1. The second kappa shape index (κ2) is 15.2. The van der Waals surface area contributed by atoms with Crippen molar-refractivity contribution in [2.24, 2.45) is 4.99 Å². The van der Waals surface area contributed by atoms with Gasteiger partial charge in [0.1, 0.15) is 0 Å². The van der Waals surface area contributed by atoms with E-state index in [0.717, 1.165) is 12.3 Å². The van der Waals surface area contributed by atoms with Gasteiger partial charge in [-0.05, 0) is 38.5 Å². The van der Waals surface area contributed by atoms with Crippen LogP contribution in [-0.2, 0) is 0 Å². The minimum absolute atomic E-state index is 0.519. The molecule has 2 N–H and O–H groups in total. The van der Waals surface area contributed by atoms with Gasteiger partial charge < -0.3 is 10.4 Å². The molecule has 1 rings (SSSR count). The van der Waals surface area contributed by atoms with Gasteiger partial charge in [0.25, 0.3) is 0 Å². The number of unbranched alkanes of at least 4 members (excludes halogenated alkanes) is 12. The number of hydrogen-bond donors (Lipinski definition) is 2. The van der Waals surface area contributed by atoms with Crippen LogP contribution in [0, 0.1) is 0 Å². The molecular formula is C23H44N2O. The van der Waals surface area contributed by atoms with Gasteiger partial charge in [-0.25, -0.2) is 0 Å². The molecule has 1 atom stereocenters. The highest BCUT2D eigenvalue weighted by molar-refractivity contribution is 5.84. The van der Waals surface area contributed by atoms with Crippen LogP contribution in [0.15, 0.2) is 17.1 Å². The van der Waals surface area contributed by atoms with Gasteiger partial charge in [0.05, 0.1) is 12.4 Å². The van der Waals surface area contributed by atoms with E-state index < -0.39 is 5.72 Å². The van der Waals surface area contributed by atoms with Gasteiger partial charge in [0, 0.05) is 6.42 Å². The molecule has 1 aliphatic rings. The molecule has 0 fully saturated rings. The van der Waals surface area contributed by atoms with Gasteiger partial charge in [0.15, 0.2) is 5.72 Å². The van der Waals surface area contributed by atoms with E-state index in [4.69, 9.17) is 0 Å². The zero-order valence-corrected chi connectivity index (χ0v) is 17.6. The minimum atomic E-state index is -0.766. The second-order valence-electron chi connectivity index (χ2n) is 7.96. The largest absolute Gasteiger partial charge is 0.369 e. The van der Waals surface area contributed by atoms with Crippen LogP contribution in [0.2, 0.25) is 0 Å². The molecule has 3 heteroatoms. The number of rotatable bonds is 17. The Labute approximate surface area is 162 Å². The van der Waals surface area contributed by atoms with Gasteiger partial charge in [-0.1, -0.05) is 83.8 Å². The summed E-state index contributed by atoms with van der Waals surface area (Å²) in [6.07, 6.45) is 25.2. The minimum Gasteiger partial charge on any atom is -0.369 e. The van der Waals surface area contributed by atoms with Crippen LogP contribution in [0.3, 0.4) is 0 Å². The average Bonchev–Trinajstić information content (AvgIpc) is 3.03. The van der Waals surface area contributed by atoms with E-state index in [1.54, 1.807) is 0 Å². The lowest BCUT2D eigenvalue weighted by Crippen LogP contribution is -2.44. The van der Waals surface area contributed by atoms with E-state index in [1.807, 2.05) is 6.92 Å². The van der Waals surface area contributed by atoms with Crippen LogP contribution in [0.1, 0.15) is 117 Å². The van der Waals surface area contributed by atoms with Crippen molar-refractivity contribution >= 4 is 5.84 Å². The van der Waals surface area contributed by atoms with E-state index in [0.29, 0.717) is 13.0 Å². The van der Waals surface area contributed by atoms with Crippen molar-refractivity contribution in [1.82, 2.24) is 5.32 Å². The third-order valence-corrected chi connectivity index (χ3v) is 5.42. The van der Waals surface area contributed by atoms with E-state index in [-0.39, 0.29) is 0 Å². The Morgan fingerprint density at radius 2 is 1.38 bits per heavy atom. The van der Waals surface area contributed by atoms with E-state index in [9.17, 15) is 5.11 Å². The lowest BCUT2D eigenvalue weighted by molar-refractivity contribution is 0.0393. The van der Waals surface area contributed by atoms with Gasteiger partial charge >= 0.3 is 0 Å². The molecule has 3 nitrogen and oxygen atoms in total. The van der Waals surface area contributed by atoms with Crippen LogP contribution in [0.25, 0.3) is 0 Å². The quantitative estimate of drug-likeness (QED) is 0.228. The Morgan fingerprint density at radius 1 is 0.846 bits per heavy atom. The first-order valence-corrected chi connectivity index (χ1v) is 11.4. The Hall–Kier alpha value is -0.830. The number of aliphatic hydroxyl groups is 1. The topological polar surface area (TPSA) is 44.6 Å². The molecule has 0 spiro atoms. The Kier molecular flexibility index (Phi) is 13.6. The fourth-order valence-corrected chi connectivity index (χ4v) is 3.46.